The van der Waals surface area contributed by atoms with Crippen molar-refractivity contribution in [3.63, 3.8) is 0 Å². The molecule has 0 saturated heterocycles. The molecule has 0 aliphatic heterocycles. The molecule has 2 nitrogen and oxygen atoms in total. The first-order valence-electron chi connectivity index (χ1n) is 5.94. The van der Waals surface area contributed by atoms with Crippen LogP contribution in [0.4, 0.5) is 0 Å². The Balaban J connectivity index is 2.09. The zero-order chi connectivity index (χ0) is 12.8. The van der Waals surface area contributed by atoms with Gasteiger partial charge >= 0.3 is 0 Å². The molecule has 2 aromatic rings. The number of hydrogen-bond donors (Lipinski definition) is 1. The molecule has 18 heavy (non-hydrogen) atoms. The highest BCUT2D eigenvalue weighted by molar-refractivity contribution is 7.98. The number of furan rings is 1. The van der Waals surface area contributed by atoms with Crippen molar-refractivity contribution in [1.82, 2.24) is 5.32 Å². The Kier molecular flexibility index (Phi) is 5.17. The average molecular weight is 282 g/mol. The molecule has 1 N–H and O–H groups in total. The Morgan fingerprint density at radius 2 is 2.17 bits per heavy atom. The molecule has 0 unspecified atom stereocenters. The van der Waals surface area contributed by atoms with E-state index in [1.54, 1.807) is 18.0 Å². The molecule has 0 amide bonds. The molecule has 0 radical (unpaired) electrons. The van der Waals surface area contributed by atoms with Crippen molar-refractivity contribution in [3.05, 3.63) is 52.9 Å². The van der Waals surface area contributed by atoms with Crippen LogP contribution in [0, 0.1) is 0 Å². The first-order valence-corrected chi connectivity index (χ1v) is 7.31. The lowest BCUT2D eigenvalue weighted by Crippen LogP contribution is -2.12. The van der Waals surface area contributed by atoms with Crippen LogP contribution in [0.25, 0.3) is 0 Å². The molecular formula is C14H16ClNOS. The standard InChI is InChI=1S/C14H16ClNOS/c1-2-16-9-11-5-3-7-13(15)14(11)18-10-12-6-4-8-17-12/h3-8,16H,2,9-10H2,1H3. The second-order valence-corrected chi connectivity index (χ2v) is 5.27. The molecule has 0 bridgehead atoms. The maximum absolute atomic E-state index is 6.27. The smallest absolute Gasteiger partial charge is 0.113 e. The van der Waals surface area contributed by atoms with E-state index >= 15 is 0 Å². The predicted molar refractivity (Wildman–Crippen MR) is 77.1 cm³/mol. The summed E-state index contributed by atoms with van der Waals surface area (Å²) in [6.07, 6.45) is 1.70. The number of hydrogen-bond acceptors (Lipinski definition) is 3. The van der Waals surface area contributed by atoms with E-state index in [1.165, 1.54) is 5.56 Å². The van der Waals surface area contributed by atoms with E-state index in [-0.39, 0.29) is 0 Å². The van der Waals surface area contributed by atoms with Gasteiger partial charge in [0, 0.05) is 11.4 Å². The van der Waals surface area contributed by atoms with Crippen LogP contribution in [-0.4, -0.2) is 6.54 Å². The van der Waals surface area contributed by atoms with Crippen molar-refractivity contribution in [2.45, 2.75) is 24.1 Å². The molecular weight excluding hydrogens is 266 g/mol. The van der Waals surface area contributed by atoms with E-state index in [1.807, 2.05) is 24.3 Å². The minimum Gasteiger partial charge on any atom is -0.468 e. The molecule has 1 aromatic heterocycles. The lowest BCUT2D eigenvalue weighted by molar-refractivity contribution is 0.530. The summed E-state index contributed by atoms with van der Waals surface area (Å²) in [5.74, 6) is 1.77. The third kappa shape index (κ3) is 3.55. The van der Waals surface area contributed by atoms with Gasteiger partial charge in [0.05, 0.1) is 17.0 Å². The maximum atomic E-state index is 6.27. The van der Waals surface area contributed by atoms with Crippen molar-refractivity contribution in [2.24, 2.45) is 0 Å². The summed E-state index contributed by atoms with van der Waals surface area (Å²) in [6, 6.07) is 9.92. The molecule has 1 aromatic carbocycles. The van der Waals surface area contributed by atoms with Gasteiger partial charge in [-0.25, -0.2) is 0 Å². The van der Waals surface area contributed by atoms with Crippen LogP contribution >= 0.6 is 23.4 Å². The van der Waals surface area contributed by atoms with Gasteiger partial charge in [0.2, 0.25) is 0 Å². The van der Waals surface area contributed by atoms with Crippen LogP contribution in [0.15, 0.2) is 45.9 Å². The molecule has 2 rings (SSSR count). The lowest BCUT2D eigenvalue weighted by atomic mass is 10.2. The van der Waals surface area contributed by atoms with Crippen molar-refractivity contribution in [2.75, 3.05) is 6.54 Å². The first-order chi connectivity index (χ1) is 8.81. The van der Waals surface area contributed by atoms with Gasteiger partial charge in [-0.15, -0.1) is 11.8 Å². The van der Waals surface area contributed by atoms with Gasteiger partial charge in [-0.3, -0.25) is 0 Å². The quantitative estimate of drug-likeness (QED) is 0.798. The monoisotopic (exact) mass is 281 g/mol. The van der Waals surface area contributed by atoms with Gasteiger partial charge < -0.3 is 9.73 Å². The number of benzene rings is 1. The van der Waals surface area contributed by atoms with Gasteiger partial charge in [0.1, 0.15) is 5.76 Å². The second kappa shape index (κ2) is 6.88. The predicted octanol–water partition coefficient (Wildman–Crippen LogP) is 4.33. The van der Waals surface area contributed by atoms with Crippen LogP contribution in [0.2, 0.25) is 5.02 Å². The van der Waals surface area contributed by atoms with E-state index in [9.17, 15) is 0 Å². The molecule has 0 saturated carbocycles. The highest BCUT2D eigenvalue weighted by Crippen LogP contribution is 2.33. The largest absolute Gasteiger partial charge is 0.468 e. The van der Waals surface area contributed by atoms with Crippen molar-refractivity contribution in [3.8, 4) is 0 Å². The van der Waals surface area contributed by atoms with Gasteiger partial charge in [0.15, 0.2) is 0 Å². The number of nitrogens with one attached hydrogen (secondary N) is 1. The fourth-order valence-electron chi connectivity index (χ4n) is 1.65. The SMILES string of the molecule is CCNCc1cccc(Cl)c1SCc1ccco1. The van der Waals surface area contributed by atoms with Crippen LogP contribution in [0.5, 0.6) is 0 Å². The highest BCUT2D eigenvalue weighted by atomic mass is 35.5. The highest BCUT2D eigenvalue weighted by Gasteiger charge is 2.08. The maximum Gasteiger partial charge on any atom is 0.113 e. The van der Waals surface area contributed by atoms with Crippen molar-refractivity contribution in [1.29, 1.82) is 0 Å². The fourth-order valence-corrected chi connectivity index (χ4v) is 2.99. The third-order valence-corrected chi connectivity index (χ3v) is 4.18. The summed E-state index contributed by atoms with van der Waals surface area (Å²) >= 11 is 7.99. The number of rotatable bonds is 6. The zero-order valence-corrected chi connectivity index (χ0v) is 11.9. The van der Waals surface area contributed by atoms with Gasteiger partial charge in [0.25, 0.3) is 0 Å². The average Bonchev–Trinajstić information content (AvgIpc) is 2.88. The molecule has 1 heterocycles. The molecule has 4 heteroatoms. The normalized spacial score (nSPS) is 10.8. The van der Waals surface area contributed by atoms with Gasteiger partial charge in [-0.1, -0.05) is 30.7 Å². The summed E-state index contributed by atoms with van der Waals surface area (Å²) in [7, 11) is 0. The Morgan fingerprint density at radius 1 is 1.28 bits per heavy atom. The molecule has 96 valence electrons. The first kappa shape index (κ1) is 13.5. The Hall–Kier alpha value is -0.900. The Bertz CT molecular complexity index is 485. The van der Waals surface area contributed by atoms with E-state index in [0.29, 0.717) is 0 Å². The van der Waals surface area contributed by atoms with Gasteiger partial charge in [-0.05, 0) is 30.3 Å². The van der Waals surface area contributed by atoms with Crippen molar-refractivity contribution >= 4 is 23.4 Å². The molecule has 0 atom stereocenters. The summed E-state index contributed by atoms with van der Waals surface area (Å²) in [6.45, 7) is 3.90. The minimum atomic E-state index is 0.801. The molecule has 0 spiro atoms. The van der Waals surface area contributed by atoms with E-state index in [0.717, 1.165) is 34.5 Å². The minimum absolute atomic E-state index is 0.801. The van der Waals surface area contributed by atoms with E-state index in [2.05, 4.69) is 18.3 Å². The van der Waals surface area contributed by atoms with E-state index in [4.69, 9.17) is 16.0 Å². The van der Waals surface area contributed by atoms with Crippen LogP contribution in [-0.2, 0) is 12.3 Å². The number of thioether (sulfide) groups is 1. The molecule has 0 aliphatic carbocycles. The van der Waals surface area contributed by atoms with Crippen LogP contribution < -0.4 is 5.32 Å². The lowest BCUT2D eigenvalue weighted by Gasteiger charge is -2.10. The topological polar surface area (TPSA) is 25.2 Å². The van der Waals surface area contributed by atoms with Crippen LogP contribution in [0.3, 0.4) is 0 Å². The summed E-state index contributed by atoms with van der Waals surface area (Å²) in [4.78, 5) is 1.14. The zero-order valence-electron chi connectivity index (χ0n) is 10.3. The summed E-state index contributed by atoms with van der Waals surface area (Å²) < 4.78 is 5.34. The van der Waals surface area contributed by atoms with Crippen molar-refractivity contribution < 1.29 is 4.42 Å². The van der Waals surface area contributed by atoms with Gasteiger partial charge in [-0.2, -0.15) is 0 Å². The Morgan fingerprint density at radius 3 is 2.89 bits per heavy atom. The fraction of sp³-hybridized carbons (Fsp3) is 0.286. The van der Waals surface area contributed by atoms with Crippen LogP contribution in [0.1, 0.15) is 18.2 Å². The third-order valence-electron chi connectivity index (χ3n) is 2.55. The second-order valence-electron chi connectivity index (χ2n) is 3.88. The molecule has 0 fully saturated rings. The number of halogens is 1. The Labute approximate surface area is 117 Å². The summed E-state index contributed by atoms with van der Waals surface area (Å²) in [5, 5.41) is 4.14. The van der Waals surface area contributed by atoms with E-state index < -0.39 is 0 Å². The summed E-state index contributed by atoms with van der Waals surface area (Å²) in [5.41, 5.74) is 1.24. The molecule has 0 aliphatic rings.